The average Bonchev–Trinajstić information content (AvgIpc) is 2.47. The van der Waals surface area contributed by atoms with Gasteiger partial charge >= 0.3 is 0 Å². The summed E-state index contributed by atoms with van der Waals surface area (Å²) in [5.41, 5.74) is 5.75. The van der Waals surface area contributed by atoms with Gasteiger partial charge in [-0.15, -0.1) is 10.2 Å². The van der Waals surface area contributed by atoms with Gasteiger partial charge in [0.05, 0.1) is 6.04 Å². The summed E-state index contributed by atoms with van der Waals surface area (Å²) in [6.45, 7) is 4.08. The first-order valence-electron chi connectivity index (χ1n) is 4.22. The molecule has 0 saturated heterocycles. The van der Waals surface area contributed by atoms with E-state index in [2.05, 4.69) is 22.0 Å². The van der Waals surface area contributed by atoms with Crippen LogP contribution in [0.5, 0.6) is 0 Å². The Balaban J connectivity index is 2.73. The second-order valence-corrected chi connectivity index (χ2v) is 3.30. The van der Waals surface area contributed by atoms with Gasteiger partial charge in [0, 0.05) is 7.05 Å². The Morgan fingerprint density at radius 3 is 2.69 bits per heavy atom. The Hall–Kier alpha value is -1.34. The van der Waals surface area contributed by atoms with Crippen molar-refractivity contribution in [1.82, 2.24) is 14.8 Å². The highest BCUT2D eigenvalue weighted by Crippen LogP contribution is 1.96. The minimum atomic E-state index is -0.100. The molecule has 4 nitrogen and oxygen atoms in total. The molecule has 0 fully saturated rings. The Morgan fingerprint density at radius 1 is 1.54 bits per heavy atom. The largest absolute Gasteiger partial charge is 0.317 e. The van der Waals surface area contributed by atoms with Crippen LogP contribution in [0.15, 0.2) is 6.33 Å². The predicted molar refractivity (Wildman–Crippen MR) is 50.7 cm³/mol. The number of nitrogens with zero attached hydrogens (tertiary/aromatic N) is 3. The predicted octanol–water partition coefficient (Wildman–Crippen LogP) is 0.150. The van der Waals surface area contributed by atoms with Crippen LogP contribution in [0.2, 0.25) is 0 Å². The zero-order valence-electron chi connectivity index (χ0n) is 8.15. The molecule has 0 aromatic carbocycles. The highest BCUT2D eigenvalue weighted by Gasteiger charge is 2.02. The standard InChI is InChI=1S/C9H14N4/c1-7(2)8(10)4-5-9-12-11-6-13(9)3/h6-8H,10H2,1-3H3. The van der Waals surface area contributed by atoms with Crippen LogP contribution in [0.4, 0.5) is 0 Å². The number of hydrogen-bond donors (Lipinski definition) is 1. The van der Waals surface area contributed by atoms with Crippen molar-refractivity contribution >= 4 is 0 Å². The lowest BCUT2D eigenvalue weighted by atomic mass is 10.1. The van der Waals surface area contributed by atoms with Crippen molar-refractivity contribution in [3.8, 4) is 11.8 Å². The minimum absolute atomic E-state index is 0.100. The van der Waals surface area contributed by atoms with Crippen LogP contribution in [-0.4, -0.2) is 20.8 Å². The molecule has 0 aliphatic carbocycles. The Morgan fingerprint density at radius 2 is 2.23 bits per heavy atom. The van der Waals surface area contributed by atoms with E-state index in [1.807, 2.05) is 20.9 Å². The molecule has 0 radical (unpaired) electrons. The summed E-state index contributed by atoms with van der Waals surface area (Å²) in [6.07, 6.45) is 1.62. The van der Waals surface area contributed by atoms with Gasteiger partial charge in [0.1, 0.15) is 6.33 Å². The number of rotatable bonds is 1. The highest BCUT2D eigenvalue weighted by molar-refractivity contribution is 5.22. The molecular weight excluding hydrogens is 164 g/mol. The Labute approximate surface area is 78.2 Å². The van der Waals surface area contributed by atoms with E-state index in [0.29, 0.717) is 11.7 Å². The van der Waals surface area contributed by atoms with Crippen molar-refractivity contribution in [2.24, 2.45) is 18.7 Å². The summed E-state index contributed by atoms with van der Waals surface area (Å²) < 4.78 is 1.76. The van der Waals surface area contributed by atoms with Crippen molar-refractivity contribution in [2.45, 2.75) is 19.9 Å². The smallest absolute Gasteiger partial charge is 0.207 e. The zero-order chi connectivity index (χ0) is 9.84. The molecule has 0 amide bonds. The van der Waals surface area contributed by atoms with Crippen LogP contribution in [0.3, 0.4) is 0 Å². The number of hydrogen-bond acceptors (Lipinski definition) is 3. The van der Waals surface area contributed by atoms with Crippen LogP contribution in [0.25, 0.3) is 0 Å². The highest BCUT2D eigenvalue weighted by atomic mass is 15.2. The molecule has 0 bridgehead atoms. The van der Waals surface area contributed by atoms with Gasteiger partial charge in [-0.05, 0) is 11.8 Å². The third kappa shape index (κ3) is 2.56. The fourth-order valence-corrected chi connectivity index (χ4v) is 0.711. The van der Waals surface area contributed by atoms with Gasteiger partial charge < -0.3 is 10.3 Å². The summed E-state index contributed by atoms with van der Waals surface area (Å²) in [4.78, 5) is 0. The maximum atomic E-state index is 5.75. The summed E-state index contributed by atoms with van der Waals surface area (Å²) in [5, 5.41) is 7.55. The molecule has 1 aromatic heterocycles. The van der Waals surface area contributed by atoms with Gasteiger partial charge in [-0.3, -0.25) is 0 Å². The van der Waals surface area contributed by atoms with Crippen molar-refractivity contribution in [1.29, 1.82) is 0 Å². The van der Waals surface area contributed by atoms with Gasteiger partial charge in [-0.2, -0.15) is 0 Å². The van der Waals surface area contributed by atoms with E-state index in [0.717, 1.165) is 0 Å². The van der Waals surface area contributed by atoms with Gasteiger partial charge in [0.15, 0.2) is 0 Å². The summed E-state index contributed by atoms with van der Waals surface area (Å²) in [6, 6.07) is -0.100. The quantitative estimate of drug-likeness (QED) is 0.623. The zero-order valence-corrected chi connectivity index (χ0v) is 8.15. The van der Waals surface area contributed by atoms with Crippen molar-refractivity contribution in [3.63, 3.8) is 0 Å². The topological polar surface area (TPSA) is 56.7 Å². The van der Waals surface area contributed by atoms with E-state index in [1.54, 1.807) is 10.9 Å². The third-order valence-electron chi connectivity index (χ3n) is 1.78. The van der Waals surface area contributed by atoms with E-state index < -0.39 is 0 Å². The van der Waals surface area contributed by atoms with Gasteiger partial charge in [-0.25, -0.2) is 0 Å². The molecule has 1 heterocycles. The monoisotopic (exact) mass is 178 g/mol. The van der Waals surface area contributed by atoms with Gasteiger partial charge in [0.25, 0.3) is 0 Å². The van der Waals surface area contributed by atoms with E-state index in [-0.39, 0.29) is 6.04 Å². The lowest BCUT2D eigenvalue weighted by Gasteiger charge is -2.06. The fraction of sp³-hybridized carbons (Fsp3) is 0.556. The molecule has 0 saturated carbocycles. The number of aromatic nitrogens is 3. The summed E-state index contributed by atoms with van der Waals surface area (Å²) >= 11 is 0. The molecule has 13 heavy (non-hydrogen) atoms. The first-order chi connectivity index (χ1) is 6.11. The van der Waals surface area contributed by atoms with Crippen LogP contribution in [0, 0.1) is 17.8 Å². The van der Waals surface area contributed by atoms with E-state index in [9.17, 15) is 0 Å². The second kappa shape index (κ2) is 4.06. The van der Waals surface area contributed by atoms with Crippen LogP contribution in [0.1, 0.15) is 19.7 Å². The van der Waals surface area contributed by atoms with Crippen LogP contribution >= 0.6 is 0 Å². The second-order valence-electron chi connectivity index (χ2n) is 3.30. The number of aryl methyl sites for hydroxylation is 1. The first kappa shape index (κ1) is 9.75. The van der Waals surface area contributed by atoms with Crippen molar-refractivity contribution in [2.75, 3.05) is 0 Å². The third-order valence-corrected chi connectivity index (χ3v) is 1.78. The molecule has 0 aliphatic heterocycles. The molecule has 1 unspecified atom stereocenters. The maximum absolute atomic E-state index is 5.75. The molecule has 4 heteroatoms. The molecule has 0 aliphatic rings. The minimum Gasteiger partial charge on any atom is -0.317 e. The SMILES string of the molecule is CC(C)C(N)C#Cc1nncn1C. The van der Waals surface area contributed by atoms with Crippen molar-refractivity contribution in [3.05, 3.63) is 12.2 Å². The molecule has 1 aromatic rings. The van der Waals surface area contributed by atoms with E-state index in [4.69, 9.17) is 5.73 Å². The van der Waals surface area contributed by atoms with Crippen LogP contribution < -0.4 is 5.73 Å². The van der Waals surface area contributed by atoms with Crippen LogP contribution in [-0.2, 0) is 7.05 Å². The fourth-order valence-electron chi connectivity index (χ4n) is 0.711. The molecule has 1 rings (SSSR count). The number of nitrogens with two attached hydrogens (primary N) is 1. The normalized spacial score (nSPS) is 12.4. The lowest BCUT2D eigenvalue weighted by Crippen LogP contribution is -2.24. The Kier molecular flexibility index (Phi) is 3.04. The molecule has 2 N–H and O–H groups in total. The Bertz CT molecular complexity index is 329. The van der Waals surface area contributed by atoms with Gasteiger partial charge in [-0.1, -0.05) is 19.8 Å². The first-order valence-corrected chi connectivity index (χ1v) is 4.22. The van der Waals surface area contributed by atoms with Gasteiger partial charge in [0.2, 0.25) is 5.82 Å². The average molecular weight is 178 g/mol. The molecule has 1 atom stereocenters. The maximum Gasteiger partial charge on any atom is 0.207 e. The van der Waals surface area contributed by atoms with Crippen molar-refractivity contribution < 1.29 is 0 Å². The van der Waals surface area contributed by atoms with E-state index >= 15 is 0 Å². The van der Waals surface area contributed by atoms with E-state index in [1.165, 1.54) is 0 Å². The summed E-state index contributed by atoms with van der Waals surface area (Å²) in [5.74, 6) is 6.83. The summed E-state index contributed by atoms with van der Waals surface area (Å²) in [7, 11) is 1.85. The molecular formula is C9H14N4. The lowest BCUT2D eigenvalue weighted by molar-refractivity contribution is 0.584. The molecule has 70 valence electrons. The molecule has 0 spiro atoms.